The zero-order valence-electron chi connectivity index (χ0n) is 7.64. The van der Waals surface area contributed by atoms with Crippen LogP contribution in [0, 0.1) is 0 Å². The zero-order valence-corrected chi connectivity index (χ0v) is 7.64. The normalized spacial score (nSPS) is 15.7. The van der Waals surface area contributed by atoms with Gasteiger partial charge in [-0.05, 0) is 12.8 Å². The Balaban J connectivity index is 1.96. The fourth-order valence-corrected chi connectivity index (χ4v) is 1.47. The summed E-state index contributed by atoms with van der Waals surface area (Å²) in [5, 5.41) is 0. The van der Waals surface area contributed by atoms with Crippen molar-refractivity contribution in [1.82, 2.24) is 19.9 Å². The van der Waals surface area contributed by atoms with Crippen LogP contribution in [0.4, 0.5) is 0 Å². The summed E-state index contributed by atoms with van der Waals surface area (Å²) in [6.07, 6.45) is 9.44. The second-order valence-corrected chi connectivity index (χ2v) is 3.55. The molecule has 0 atom stereocenters. The Kier molecular flexibility index (Phi) is 1.59. The van der Waals surface area contributed by atoms with E-state index in [4.69, 9.17) is 0 Å². The Labute approximate surface area is 81.4 Å². The topological polar surface area (TPSA) is 54.5 Å². The molecule has 0 unspecified atom stereocenters. The molecule has 4 nitrogen and oxygen atoms in total. The van der Waals surface area contributed by atoms with Gasteiger partial charge in [-0.3, -0.25) is 9.97 Å². The van der Waals surface area contributed by atoms with Crippen molar-refractivity contribution in [2.75, 3.05) is 0 Å². The van der Waals surface area contributed by atoms with Gasteiger partial charge in [0.2, 0.25) is 0 Å². The predicted octanol–water partition coefficient (Wildman–Crippen LogP) is 1.74. The number of H-pyrrole nitrogens is 1. The van der Waals surface area contributed by atoms with Crippen LogP contribution in [0.15, 0.2) is 24.8 Å². The first-order chi connectivity index (χ1) is 6.93. The maximum Gasteiger partial charge on any atom is 0.109 e. The average molecular weight is 186 g/mol. The van der Waals surface area contributed by atoms with Crippen molar-refractivity contribution >= 4 is 0 Å². The number of rotatable bonds is 2. The number of aromatic nitrogens is 4. The van der Waals surface area contributed by atoms with E-state index in [1.165, 1.54) is 12.8 Å². The summed E-state index contributed by atoms with van der Waals surface area (Å²) in [5.74, 6) is 1.74. The van der Waals surface area contributed by atoms with E-state index in [1.807, 2.05) is 6.20 Å². The average Bonchev–Trinajstić information content (AvgIpc) is 2.98. The van der Waals surface area contributed by atoms with Crippen molar-refractivity contribution in [2.45, 2.75) is 18.8 Å². The lowest BCUT2D eigenvalue weighted by Crippen LogP contribution is -1.85. The third kappa shape index (κ3) is 1.28. The van der Waals surface area contributed by atoms with E-state index >= 15 is 0 Å². The Bertz CT molecular complexity index is 430. The highest BCUT2D eigenvalue weighted by atomic mass is 14.9. The molecule has 1 fully saturated rings. The smallest absolute Gasteiger partial charge is 0.109 e. The monoisotopic (exact) mass is 186 g/mol. The number of imidazole rings is 1. The molecular formula is C10H10N4. The van der Waals surface area contributed by atoms with Crippen LogP contribution < -0.4 is 0 Å². The van der Waals surface area contributed by atoms with E-state index in [1.54, 1.807) is 18.6 Å². The van der Waals surface area contributed by atoms with Gasteiger partial charge in [0.1, 0.15) is 11.5 Å². The van der Waals surface area contributed by atoms with Gasteiger partial charge in [-0.25, -0.2) is 4.98 Å². The summed E-state index contributed by atoms with van der Waals surface area (Å²) in [5.41, 5.74) is 1.81. The molecular weight excluding hydrogens is 176 g/mol. The highest BCUT2D eigenvalue weighted by molar-refractivity contribution is 5.51. The van der Waals surface area contributed by atoms with Crippen LogP contribution in [0.3, 0.4) is 0 Å². The van der Waals surface area contributed by atoms with Gasteiger partial charge in [-0.1, -0.05) is 0 Å². The molecule has 2 aromatic heterocycles. The van der Waals surface area contributed by atoms with Crippen molar-refractivity contribution in [3.63, 3.8) is 0 Å². The van der Waals surface area contributed by atoms with E-state index in [0.717, 1.165) is 17.2 Å². The van der Waals surface area contributed by atoms with Gasteiger partial charge < -0.3 is 4.98 Å². The van der Waals surface area contributed by atoms with Gasteiger partial charge in [0.05, 0.1) is 18.1 Å². The van der Waals surface area contributed by atoms with Crippen LogP contribution in [0.5, 0.6) is 0 Å². The van der Waals surface area contributed by atoms with Crippen LogP contribution in [-0.4, -0.2) is 19.9 Å². The third-order valence-electron chi connectivity index (χ3n) is 2.40. The molecule has 1 N–H and O–H groups in total. The molecule has 4 heteroatoms. The molecule has 1 aliphatic rings. The quantitative estimate of drug-likeness (QED) is 0.777. The second-order valence-electron chi connectivity index (χ2n) is 3.55. The SMILES string of the molecule is c1cnc(-c2cnc(C3CC3)[nH]2)cn1. The van der Waals surface area contributed by atoms with Gasteiger partial charge in [0.25, 0.3) is 0 Å². The molecule has 0 amide bonds. The first-order valence-corrected chi connectivity index (χ1v) is 4.75. The first-order valence-electron chi connectivity index (χ1n) is 4.75. The molecule has 0 radical (unpaired) electrons. The Morgan fingerprint density at radius 2 is 2.07 bits per heavy atom. The molecule has 70 valence electrons. The van der Waals surface area contributed by atoms with E-state index < -0.39 is 0 Å². The van der Waals surface area contributed by atoms with Crippen molar-refractivity contribution in [3.8, 4) is 11.4 Å². The highest BCUT2D eigenvalue weighted by Gasteiger charge is 2.26. The lowest BCUT2D eigenvalue weighted by atomic mass is 10.3. The summed E-state index contributed by atoms with van der Waals surface area (Å²) in [7, 11) is 0. The Morgan fingerprint density at radius 1 is 1.14 bits per heavy atom. The van der Waals surface area contributed by atoms with Crippen molar-refractivity contribution in [2.24, 2.45) is 0 Å². The minimum absolute atomic E-state index is 0.653. The van der Waals surface area contributed by atoms with E-state index in [-0.39, 0.29) is 0 Å². The lowest BCUT2D eigenvalue weighted by Gasteiger charge is -1.93. The minimum atomic E-state index is 0.653. The van der Waals surface area contributed by atoms with E-state index in [2.05, 4.69) is 19.9 Å². The van der Waals surface area contributed by atoms with E-state index in [9.17, 15) is 0 Å². The first kappa shape index (κ1) is 7.67. The second kappa shape index (κ2) is 2.90. The fourth-order valence-electron chi connectivity index (χ4n) is 1.47. The van der Waals surface area contributed by atoms with Gasteiger partial charge in [0, 0.05) is 18.3 Å². The number of aromatic amines is 1. The molecule has 0 bridgehead atoms. The number of nitrogens with one attached hydrogen (secondary N) is 1. The van der Waals surface area contributed by atoms with Gasteiger partial charge >= 0.3 is 0 Å². The minimum Gasteiger partial charge on any atom is -0.340 e. The van der Waals surface area contributed by atoms with Crippen LogP contribution in [-0.2, 0) is 0 Å². The molecule has 1 aliphatic carbocycles. The van der Waals surface area contributed by atoms with Gasteiger partial charge in [0.15, 0.2) is 0 Å². The lowest BCUT2D eigenvalue weighted by molar-refractivity contribution is 0.975. The Morgan fingerprint density at radius 3 is 2.79 bits per heavy atom. The molecule has 3 rings (SSSR count). The predicted molar refractivity (Wildman–Crippen MR) is 51.6 cm³/mol. The van der Waals surface area contributed by atoms with Crippen LogP contribution in [0.1, 0.15) is 24.6 Å². The van der Waals surface area contributed by atoms with E-state index in [0.29, 0.717) is 5.92 Å². The van der Waals surface area contributed by atoms with Crippen LogP contribution in [0.2, 0.25) is 0 Å². The largest absolute Gasteiger partial charge is 0.340 e. The van der Waals surface area contributed by atoms with Gasteiger partial charge in [-0.15, -0.1) is 0 Å². The van der Waals surface area contributed by atoms with Gasteiger partial charge in [-0.2, -0.15) is 0 Å². The van der Waals surface area contributed by atoms with Crippen LogP contribution in [0.25, 0.3) is 11.4 Å². The summed E-state index contributed by atoms with van der Waals surface area (Å²) in [4.78, 5) is 15.8. The summed E-state index contributed by atoms with van der Waals surface area (Å²) < 4.78 is 0. The molecule has 0 aromatic carbocycles. The summed E-state index contributed by atoms with van der Waals surface area (Å²) in [6, 6.07) is 0. The summed E-state index contributed by atoms with van der Waals surface area (Å²) in [6.45, 7) is 0. The molecule has 14 heavy (non-hydrogen) atoms. The fraction of sp³-hybridized carbons (Fsp3) is 0.300. The van der Waals surface area contributed by atoms with Crippen molar-refractivity contribution in [3.05, 3.63) is 30.6 Å². The number of nitrogens with zero attached hydrogens (tertiary/aromatic N) is 3. The third-order valence-corrected chi connectivity index (χ3v) is 2.40. The summed E-state index contributed by atoms with van der Waals surface area (Å²) >= 11 is 0. The number of hydrogen-bond acceptors (Lipinski definition) is 3. The number of hydrogen-bond donors (Lipinski definition) is 1. The zero-order chi connectivity index (χ0) is 9.38. The molecule has 1 saturated carbocycles. The Hall–Kier alpha value is -1.71. The van der Waals surface area contributed by atoms with Crippen molar-refractivity contribution in [1.29, 1.82) is 0 Å². The molecule has 0 aliphatic heterocycles. The molecule has 2 aromatic rings. The molecule has 0 saturated heterocycles. The maximum absolute atomic E-state index is 4.33. The standard InChI is InChI=1S/C10H10N4/c1-2-7(1)10-13-6-9(14-10)8-5-11-3-4-12-8/h3-7H,1-2H2,(H,13,14). The van der Waals surface area contributed by atoms with Crippen LogP contribution >= 0.6 is 0 Å². The van der Waals surface area contributed by atoms with Crippen molar-refractivity contribution < 1.29 is 0 Å². The highest BCUT2D eigenvalue weighted by Crippen LogP contribution is 2.38. The molecule has 2 heterocycles. The molecule has 0 spiro atoms. The maximum atomic E-state index is 4.33.